The monoisotopic (exact) mass is 428 g/mol. The van der Waals surface area contributed by atoms with Gasteiger partial charge in [0.15, 0.2) is 11.7 Å². The van der Waals surface area contributed by atoms with E-state index in [1.165, 1.54) is 7.11 Å². The van der Waals surface area contributed by atoms with Crippen LogP contribution in [0.4, 0.5) is 6.01 Å². The van der Waals surface area contributed by atoms with Gasteiger partial charge in [0.2, 0.25) is 0 Å². The molecular formula is C23H28N2O6. The van der Waals surface area contributed by atoms with Crippen molar-refractivity contribution in [3.05, 3.63) is 54.1 Å². The summed E-state index contributed by atoms with van der Waals surface area (Å²) in [5.41, 5.74) is 2.54. The summed E-state index contributed by atoms with van der Waals surface area (Å²) < 4.78 is 26.9. The second kappa shape index (κ2) is 11.3. The maximum Gasteiger partial charge on any atom is 0.335 e. The molecule has 0 aliphatic carbocycles. The van der Waals surface area contributed by atoms with Gasteiger partial charge in [0.05, 0.1) is 26.9 Å². The zero-order chi connectivity index (χ0) is 22.1. The fraction of sp³-hybridized carbons (Fsp3) is 0.391. The number of aromatic nitrogens is 1. The van der Waals surface area contributed by atoms with Crippen LogP contribution in [0.2, 0.25) is 0 Å². The van der Waals surface area contributed by atoms with Crippen LogP contribution in [0, 0.1) is 0 Å². The highest BCUT2D eigenvalue weighted by atomic mass is 16.6. The highest BCUT2D eigenvalue weighted by Crippen LogP contribution is 2.21. The number of esters is 1. The predicted octanol–water partition coefficient (Wildman–Crippen LogP) is 3.09. The van der Waals surface area contributed by atoms with E-state index < -0.39 is 12.1 Å². The maximum atomic E-state index is 11.9. The van der Waals surface area contributed by atoms with E-state index in [1.54, 1.807) is 7.11 Å². The number of ether oxygens (including phenoxy) is 4. The fourth-order valence-corrected chi connectivity index (χ4v) is 2.97. The number of carbonyl (C=O) groups excluding carboxylic acids is 1. The molecular weight excluding hydrogens is 400 g/mol. The van der Waals surface area contributed by atoms with Gasteiger partial charge in [-0.3, -0.25) is 0 Å². The zero-order valence-corrected chi connectivity index (χ0v) is 18.1. The number of anilines is 1. The number of oxazole rings is 1. The molecule has 0 unspecified atom stereocenters. The summed E-state index contributed by atoms with van der Waals surface area (Å²) in [5.74, 6) is 0.336. The number of hydrogen-bond acceptors (Lipinski definition) is 8. The third-order valence-corrected chi connectivity index (χ3v) is 4.72. The van der Waals surface area contributed by atoms with E-state index in [4.69, 9.17) is 23.4 Å². The topological polar surface area (TPSA) is 83.3 Å². The van der Waals surface area contributed by atoms with E-state index in [9.17, 15) is 4.79 Å². The van der Waals surface area contributed by atoms with Crippen molar-refractivity contribution in [1.29, 1.82) is 0 Å². The number of benzene rings is 2. The van der Waals surface area contributed by atoms with Gasteiger partial charge < -0.3 is 28.3 Å². The number of hydrogen-bond donors (Lipinski definition) is 0. The van der Waals surface area contributed by atoms with Crippen molar-refractivity contribution in [1.82, 2.24) is 4.98 Å². The molecule has 0 fully saturated rings. The van der Waals surface area contributed by atoms with Crippen molar-refractivity contribution < 1.29 is 28.2 Å². The Bertz CT molecular complexity index is 923. The number of likely N-dealkylation sites (N-methyl/N-ethyl adjacent to an activating group) is 1. The third-order valence-electron chi connectivity index (χ3n) is 4.72. The molecule has 31 heavy (non-hydrogen) atoms. The van der Waals surface area contributed by atoms with Crippen molar-refractivity contribution in [3.8, 4) is 5.75 Å². The summed E-state index contributed by atoms with van der Waals surface area (Å²) in [6.07, 6.45) is -0.256. The minimum Gasteiger partial charge on any atom is -0.492 e. The molecule has 0 amide bonds. The van der Waals surface area contributed by atoms with Gasteiger partial charge in [-0.1, -0.05) is 24.3 Å². The minimum absolute atomic E-state index is 0.324. The fourth-order valence-electron chi connectivity index (χ4n) is 2.97. The molecule has 0 radical (unpaired) electrons. The van der Waals surface area contributed by atoms with E-state index >= 15 is 0 Å². The molecule has 0 spiro atoms. The van der Waals surface area contributed by atoms with Crippen molar-refractivity contribution in [2.45, 2.75) is 12.5 Å². The first-order chi connectivity index (χ1) is 15.1. The molecule has 8 heteroatoms. The first-order valence-corrected chi connectivity index (χ1v) is 10.1. The van der Waals surface area contributed by atoms with Crippen LogP contribution in [-0.2, 0) is 25.4 Å². The summed E-state index contributed by atoms with van der Waals surface area (Å²) in [4.78, 5) is 18.3. The van der Waals surface area contributed by atoms with Crippen LogP contribution >= 0.6 is 0 Å². The summed E-state index contributed by atoms with van der Waals surface area (Å²) in [5, 5.41) is 0. The van der Waals surface area contributed by atoms with E-state index in [2.05, 4.69) is 4.98 Å². The van der Waals surface area contributed by atoms with Crippen LogP contribution in [0.3, 0.4) is 0 Å². The number of nitrogens with zero attached hydrogens (tertiary/aromatic N) is 2. The predicted molar refractivity (Wildman–Crippen MR) is 117 cm³/mol. The number of methoxy groups -OCH3 is 2. The van der Waals surface area contributed by atoms with Crippen molar-refractivity contribution in [3.63, 3.8) is 0 Å². The normalized spacial score (nSPS) is 12.0. The minimum atomic E-state index is -0.670. The van der Waals surface area contributed by atoms with Gasteiger partial charge in [0.1, 0.15) is 17.9 Å². The summed E-state index contributed by atoms with van der Waals surface area (Å²) in [6.45, 7) is 1.83. The third kappa shape index (κ3) is 6.44. The number of para-hydroxylation sites is 2. The van der Waals surface area contributed by atoms with Crippen molar-refractivity contribution in [2.24, 2.45) is 0 Å². The van der Waals surface area contributed by atoms with Crippen LogP contribution in [0.25, 0.3) is 11.1 Å². The van der Waals surface area contributed by atoms with Gasteiger partial charge in [-0.05, 0) is 29.8 Å². The van der Waals surface area contributed by atoms with Gasteiger partial charge in [0, 0.05) is 20.6 Å². The molecule has 1 aromatic heterocycles. The molecule has 0 N–H and O–H groups in total. The van der Waals surface area contributed by atoms with Crippen molar-refractivity contribution >= 4 is 23.1 Å². The number of rotatable bonds is 12. The highest BCUT2D eigenvalue weighted by Gasteiger charge is 2.20. The Morgan fingerprint density at radius 2 is 1.84 bits per heavy atom. The molecule has 0 aliphatic heterocycles. The molecule has 1 atom stereocenters. The smallest absolute Gasteiger partial charge is 0.335 e. The van der Waals surface area contributed by atoms with E-state index in [1.807, 2.05) is 60.5 Å². The Hall–Kier alpha value is -3.10. The van der Waals surface area contributed by atoms with Gasteiger partial charge >= 0.3 is 5.97 Å². The molecule has 0 bridgehead atoms. The van der Waals surface area contributed by atoms with Crippen LogP contribution in [0.1, 0.15) is 5.56 Å². The van der Waals surface area contributed by atoms with Crippen LogP contribution in [-0.4, -0.2) is 64.7 Å². The Labute approximate surface area is 181 Å². The van der Waals surface area contributed by atoms with Gasteiger partial charge in [-0.15, -0.1) is 0 Å². The molecule has 8 nitrogen and oxygen atoms in total. The Balaban J connectivity index is 1.48. The van der Waals surface area contributed by atoms with Crippen LogP contribution in [0.15, 0.2) is 52.9 Å². The average molecular weight is 428 g/mol. The van der Waals surface area contributed by atoms with E-state index in [0.29, 0.717) is 38.8 Å². The lowest BCUT2D eigenvalue weighted by Gasteiger charge is -2.16. The first kappa shape index (κ1) is 22.6. The molecule has 166 valence electrons. The quantitative estimate of drug-likeness (QED) is 0.322. The van der Waals surface area contributed by atoms with Crippen LogP contribution in [0.5, 0.6) is 5.75 Å². The second-order valence-corrected chi connectivity index (χ2v) is 6.96. The molecule has 0 saturated carbocycles. The second-order valence-electron chi connectivity index (χ2n) is 6.96. The zero-order valence-electron chi connectivity index (χ0n) is 18.1. The molecule has 3 rings (SSSR count). The summed E-state index contributed by atoms with van der Waals surface area (Å²) >= 11 is 0. The summed E-state index contributed by atoms with van der Waals surface area (Å²) in [6, 6.07) is 15.8. The SMILES string of the molecule is COCCO[C@@H](Cc1ccc(OCCN(C)c2nc3ccccc3o2)cc1)C(=O)OC. The van der Waals surface area contributed by atoms with Crippen LogP contribution < -0.4 is 9.64 Å². The highest BCUT2D eigenvalue weighted by molar-refractivity contribution is 5.75. The molecule has 1 heterocycles. The first-order valence-electron chi connectivity index (χ1n) is 10.1. The standard InChI is InChI=1S/C23H28N2O6/c1-25(23-24-19-6-4-5-7-20(19)31-23)12-13-29-18-10-8-17(9-11-18)16-21(22(26)28-3)30-15-14-27-2/h4-11,21H,12-16H2,1-3H3/t21-/m0/s1. The van der Waals surface area contributed by atoms with Gasteiger partial charge in [-0.25, -0.2) is 4.79 Å². The molecule has 0 aliphatic rings. The Kier molecular flexibility index (Phi) is 8.26. The van der Waals surface area contributed by atoms with Crippen molar-refractivity contribution in [2.75, 3.05) is 52.5 Å². The number of fused-ring (bicyclic) bond motifs is 1. The Morgan fingerprint density at radius 1 is 1.06 bits per heavy atom. The summed E-state index contributed by atoms with van der Waals surface area (Å²) in [7, 11) is 4.84. The Morgan fingerprint density at radius 3 is 2.55 bits per heavy atom. The number of carbonyl (C=O) groups is 1. The molecule has 2 aromatic carbocycles. The van der Waals surface area contributed by atoms with Gasteiger partial charge in [-0.2, -0.15) is 4.98 Å². The lowest BCUT2D eigenvalue weighted by Crippen LogP contribution is -2.29. The largest absolute Gasteiger partial charge is 0.492 e. The van der Waals surface area contributed by atoms with E-state index in [0.717, 1.165) is 22.4 Å². The lowest BCUT2D eigenvalue weighted by atomic mass is 10.1. The van der Waals surface area contributed by atoms with E-state index in [-0.39, 0.29) is 0 Å². The lowest BCUT2D eigenvalue weighted by molar-refractivity contribution is -0.154. The molecule has 0 saturated heterocycles. The average Bonchev–Trinajstić information content (AvgIpc) is 3.23. The maximum absolute atomic E-state index is 11.9. The molecule has 3 aromatic rings. The van der Waals surface area contributed by atoms with Gasteiger partial charge in [0.25, 0.3) is 6.01 Å².